The van der Waals surface area contributed by atoms with Crippen LogP contribution in [0.25, 0.3) is 0 Å². The van der Waals surface area contributed by atoms with Crippen molar-refractivity contribution in [2.24, 2.45) is 0 Å². The molecule has 0 saturated carbocycles. The molecule has 2 rings (SSSR count). The zero-order chi connectivity index (χ0) is 13.1. The van der Waals surface area contributed by atoms with Crippen LogP contribution in [0, 0.1) is 11.6 Å². The Morgan fingerprint density at radius 1 is 1.11 bits per heavy atom. The highest BCUT2D eigenvalue weighted by Crippen LogP contribution is 2.28. The number of ether oxygens (including phenoxy) is 1. The zero-order valence-electron chi connectivity index (χ0n) is 9.29. The minimum atomic E-state index is -0.630. The molecule has 0 aromatic heterocycles. The van der Waals surface area contributed by atoms with Gasteiger partial charge in [-0.3, -0.25) is 0 Å². The zero-order valence-corrected chi connectivity index (χ0v) is 10.9. The molecule has 0 spiro atoms. The number of nitrogen functional groups attached to an aromatic ring is 1. The van der Waals surface area contributed by atoms with Gasteiger partial charge in [0.1, 0.15) is 24.0 Å². The number of rotatable bonds is 3. The minimum absolute atomic E-state index is 0.00810. The van der Waals surface area contributed by atoms with Gasteiger partial charge < -0.3 is 10.5 Å². The molecule has 94 valence electrons. The third kappa shape index (κ3) is 2.98. The van der Waals surface area contributed by atoms with Gasteiger partial charge in [0.15, 0.2) is 0 Å². The fraction of sp³-hybridized carbons (Fsp3) is 0.0769. The summed E-state index contributed by atoms with van der Waals surface area (Å²) < 4.78 is 32.3. The maximum Gasteiger partial charge on any atom is 0.136 e. The highest BCUT2D eigenvalue weighted by Gasteiger charge is 2.06. The van der Waals surface area contributed by atoms with Crippen LogP contribution in [0.3, 0.4) is 0 Å². The van der Waals surface area contributed by atoms with E-state index in [0.717, 1.165) is 10.5 Å². The van der Waals surface area contributed by atoms with Crippen LogP contribution in [0.1, 0.15) is 5.56 Å². The maximum absolute atomic E-state index is 13.4. The van der Waals surface area contributed by atoms with E-state index < -0.39 is 11.6 Å². The van der Waals surface area contributed by atoms with Crippen molar-refractivity contribution in [1.29, 1.82) is 0 Å². The van der Waals surface area contributed by atoms with Crippen molar-refractivity contribution in [3.05, 3.63) is 58.1 Å². The molecule has 2 aromatic carbocycles. The molecule has 0 radical (unpaired) electrons. The van der Waals surface area contributed by atoms with Gasteiger partial charge in [-0.05, 0) is 40.2 Å². The maximum atomic E-state index is 13.4. The highest BCUT2D eigenvalue weighted by atomic mass is 79.9. The number of halogens is 3. The van der Waals surface area contributed by atoms with Gasteiger partial charge in [-0.25, -0.2) is 8.78 Å². The quantitative estimate of drug-likeness (QED) is 0.873. The Bertz CT molecular complexity index is 575. The van der Waals surface area contributed by atoms with Crippen LogP contribution in [-0.4, -0.2) is 0 Å². The first kappa shape index (κ1) is 12.8. The van der Waals surface area contributed by atoms with Crippen molar-refractivity contribution in [2.45, 2.75) is 6.61 Å². The van der Waals surface area contributed by atoms with Gasteiger partial charge >= 0.3 is 0 Å². The predicted molar refractivity (Wildman–Crippen MR) is 69.2 cm³/mol. The van der Waals surface area contributed by atoms with E-state index in [1.165, 1.54) is 12.1 Å². The Morgan fingerprint density at radius 3 is 2.61 bits per heavy atom. The molecule has 0 atom stereocenters. The number of hydrogen-bond donors (Lipinski definition) is 1. The molecule has 18 heavy (non-hydrogen) atoms. The molecule has 0 amide bonds. The molecule has 2 aromatic rings. The fourth-order valence-electron chi connectivity index (χ4n) is 1.42. The lowest BCUT2D eigenvalue weighted by Crippen LogP contribution is -2.00. The van der Waals surface area contributed by atoms with Crippen LogP contribution >= 0.6 is 15.9 Å². The fourth-order valence-corrected chi connectivity index (χ4v) is 1.79. The van der Waals surface area contributed by atoms with Crippen molar-refractivity contribution in [2.75, 3.05) is 5.73 Å². The molecule has 0 saturated heterocycles. The molecule has 2 N–H and O–H groups in total. The summed E-state index contributed by atoms with van der Waals surface area (Å²) in [6.07, 6.45) is 0. The average Bonchev–Trinajstić information content (AvgIpc) is 2.32. The van der Waals surface area contributed by atoms with Gasteiger partial charge in [0.05, 0.1) is 4.47 Å². The van der Waals surface area contributed by atoms with Crippen molar-refractivity contribution in [1.82, 2.24) is 0 Å². The van der Waals surface area contributed by atoms with Crippen LogP contribution in [0.5, 0.6) is 5.75 Å². The summed E-state index contributed by atoms with van der Waals surface area (Å²) in [7, 11) is 0. The monoisotopic (exact) mass is 313 g/mol. The number of hydrogen-bond acceptors (Lipinski definition) is 2. The summed E-state index contributed by atoms with van der Waals surface area (Å²) in [5.74, 6) is -0.727. The predicted octanol–water partition coefficient (Wildman–Crippen LogP) is 3.89. The molecular formula is C13H10BrF2NO. The van der Waals surface area contributed by atoms with E-state index in [1.807, 2.05) is 0 Å². The van der Waals surface area contributed by atoms with Gasteiger partial charge in [0, 0.05) is 23.4 Å². The molecule has 5 heteroatoms. The topological polar surface area (TPSA) is 35.2 Å². The summed E-state index contributed by atoms with van der Waals surface area (Å²) >= 11 is 3.30. The van der Waals surface area contributed by atoms with Crippen molar-refractivity contribution >= 4 is 21.6 Å². The molecule has 0 aliphatic carbocycles. The molecule has 0 unspecified atom stereocenters. The number of nitrogens with two attached hydrogens (primary N) is 1. The SMILES string of the molecule is Nc1ccc(Br)c(OCc2ccc(F)cc2F)c1. The number of anilines is 1. The van der Waals surface area contributed by atoms with Crippen LogP contribution in [-0.2, 0) is 6.61 Å². The third-order valence-corrected chi connectivity index (χ3v) is 3.01. The second-order valence-corrected chi connectivity index (χ2v) is 4.57. The standard InChI is InChI=1S/C13H10BrF2NO/c14-11-4-3-10(17)6-13(11)18-7-8-1-2-9(15)5-12(8)16/h1-6H,7,17H2. The van der Waals surface area contributed by atoms with Crippen molar-refractivity contribution < 1.29 is 13.5 Å². The van der Waals surface area contributed by atoms with E-state index in [9.17, 15) is 8.78 Å². The van der Waals surface area contributed by atoms with E-state index >= 15 is 0 Å². The van der Waals surface area contributed by atoms with E-state index in [4.69, 9.17) is 10.5 Å². The smallest absolute Gasteiger partial charge is 0.136 e. The third-order valence-electron chi connectivity index (χ3n) is 2.35. The highest BCUT2D eigenvalue weighted by molar-refractivity contribution is 9.10. The number of benzene rings is 2. The van der Waals surface area contributed by atoms with Crippen LogP contribution in [0.2, 0.25) is 0 Å². The van der Waals surface area contributed by atoms with Gasteiger partial charge in [-0.2, -0.15) is 0 Å². The van der Waals surface area contributed by atoms with Gasteiger partial charge in [0.25, 0.3) is 0 Å². The van der Waals surface area contributed by atoms with Crippen molar-refractivity contribution in [3.63, 3.8) is 0 Å². The second-order valence-electron chi connectivity index (χ2n) is 3.71. The normalized spacial score (nSPS) is 10.4. The first-order valence-electron chi connectivity index (χ1n) is 5.18. The Balaban J connectivity index is 2.13. The van der Waals surface area contributed by atoms with Crippen molar-refractivity contribution in [3.8, 4) is 5.75 Å². The summed E-state index contributed by atoms with van der Waals surface area (Å²) in [5, 5.41) is 0. The van der Waals surface area contributed by atoms with Crippen LogP contribution in [0.4, 0.5) is 14.5 Å². The molecule has 0 bridgehead atoms. The van der Waals surface area contributed by atoms with E-state index in [-0.39, 0.29) is 12.2 Å². The Labute approximate surface area is 112 Å². The minimum Gasteiger partial charge on any atom is -0.488 e. The van der Waals surface area contributed by atoms with Crippen LogP contribution in [0.15, 0.2) is 40.9 Å². The lowest BCUT2D eigenvalue weighted by Gasteiger charge is -2.09. The van der Waals surface area contributed by atoms with Gasteiger partial charge in [-0.15, -0.1) is 0 Å². The van der Waals surface area contributed by atoms with Gasteiger partial charge in [-0.1, -0.05) is 0 Å². The summed E-state index contributed by atoms with van der Waals surface area (Å²) in [4.78, 5) is 0. The molecule has 0 fully saturated rings. The lowest BCUT2D eigenvalue weighted by atomic mass is 10.2. The lowest BCUT2D eigenvalue weighted by molar-refractivity contribution is 0.298. The van der Waals surface area contributed by atoms with E-state index in [2.05, 4.69) is 15.9 Å². The second kappa shape index (κ2) is 5.35. The molecular weight excluding hydrogens is 304 g/mol. The molecule has 0 aliphatic rings. The molecule has 2 nitrogen and oxygen atoms in total. The summed E-state index contributed by atoms with van der Waals surface area (Å²) in [6.45, 7) is 0.00810. The first-order chi connectivity index (χ1) is 8.56. The Morgan fingerprint density at radius 2 is 1.89 bits per heavy atom. The Hall–Kier alpha value is -1.62. The summed E-state index contributed by atoms with van der Waals surface area (Å²) in [6, 6.07) is 8.46. The van der Waals surface area contributed by atoms with Crippen LogP contribution < -0.4 is 10.5 Å². The largest absolute Gasteiger partial charge is 0.488 e. The van der Waals surface area contributed by atoms with Gasteiger partial charge in [0.2, 0.25) is 0 Å². The first-order valence-corrected chi connectivity index (χ1v) is 5.97. The Kier molecular flexibility index (Phi) is 3.81. The average molecular weight is 314 g/mol. The van der Waals surface area contributed by atoms with E-state index in [1.54, 1.807) is 18.2 Å². The molecule has 0 heterocycles. The summed E-state index contributed by atoms with van der Waals surface area (Å²) in [5.41, 5.74) is 6.45. The van der Waals surface area contributed by atoms with E-state index in [0.29, 0.717) is 11.4 Å². The molecule has 0 aliphatic heterocycles.